The Morgan fingerprint density at radius 3 is 2.77 bits per heavy atom. The number of nitriles is 1. The normalized spacial score (nSPS) is 14.7. The molecule has 0 unspecified atom stereocenters. The molecule has 7 nitrogen and oxygen atoms in total. The summed E-state index contributed by atoms with van der Waals surface area (Å²) in [5.74, 6) is -1.67. The number of benzene rings is 2. The summed E-state index contributed by atoms with van der Waals surface area (Å²) in [5.41, 5.74) is 2.54. The van der Waals surface area contributed by atoms with Gasteiger partial charge in [0.1, 0.15) is 17.2 Å². The highest BCUT2D eigenvalue weighted by atomic mass is 32.1. The third-order valence-corrected chi connectivity index (χ3v) is 5.59. The summed E-state index contributed by atoms with van der Waals surface area (Å²) < 4.78 is 10.6. The molecule has 1 aliphatic heterocycles. The maximum absolute atomic E-state index is 12.4. The van der Waals surface area contributed by atoms with Crippen LogP contribution in [0.1, 0.15) is 43.5 Å². The Hall–Kier alpha value is -3.96. The highest BCUT2D eigenvalue weighted by molar-refractivity contribution is 7.14. The van der Waals surface area contributed by atoms with Crippen molar-refractivity contribution in [2.24, 2.45) is 0 Å². The van der Waals surface area contributed by atoms with Crippen LogP contribution in [0, 0.1) is 11.3 Å². The number of amides is 1. The molecule has 0 saturated carbocycles. The number of carbonyl (C=O) groups is 3. The maximum atomic E-state index is 12.4. The van der Waals surface area contributed by atoms with Crippen LogP contribution in [0.2, 0.25) is 0 Å². The zero-order valence-corrected chi connectivity index (χ0v) is 17.0. The summed E-state index contributed by atoms with van der Waals surface area (Å²) in [6.45, 7) is -0.493. The molecule has 0 bridgehead atoms. The Kier molecular flexibility index (Phi) is 5.78. The number of cyclic esters (lactones) is 1. The predicted molar refractivity (Wildman–Crippen MR) is 113 cm³/mol. The van der Waals surface area contributed by atoms with E-state index >= 15 is 0 Å². The zero-order chi connectivity index (χ0) is 21.8. The lowest BCUT2D eigenvalue weighted by molar-refractivity contribution is -0.119. The largest absolute Gasteiger partial charge is 0.454 e. The molecule has 0 radical (unpaired) electrons. The molecule has 1 aliphatic rings. The van der Waals surface area contributed by atoms with Crippen LogP contribution in [-0.4, -0.2) is 24.5 Å². The first-order chi connectivity index (χ1) is 15.0. The van der Waals surface area contributed by atoms with Gasteiger partial charge in [0.15, 0.2) is 6.61 Å². The number of nitrogens with one attached hydrogen (secondary N) is 1. The van der Waals surface area contributed by atoms with E-state index in [-0.39, 0.29) is 5.56 Å². The van der Waals surface area contributed by atoms with Crippen molar-refractivity contribution < 1.29 is 23.9 Å². The lowest BCUT2D eigenvalue weighted by Crippen LogP contribution is -2.23. The molecule has 1 N–H and O–H groups in total. The molecule has 0 spiro atoms. The molecule has 1 amide bonds. The lowest BCUT2D eigenvalue weighted by atomic mass is 9.93. The molecular formula is C23H16N2O5S. The van der Waals surface area contributed by atoms with E-state index < -0.39 is 30.6 Å². The Bertz CT molecular complexity index is 1200. The second-order valence-electron chi connectivity index (χ2n) is 6.78. The molecule has 1 atom stereocenters. The fourth-order valence-corrected chi connectivity index (χ4v) is 4.00. The fourth-order valence-electron chi connectivity index (χ4n) is 3.25. The van der Waals surface area contributed by atoms with Gasteiger partial charge in [-0.2, -0.15) is 5.26 Å². The van der Waals surface area contributed by atoms with E-state index in [1.54, 1.807) is 17.5 Å². The molecule has 1 aromatic heterocycles. The van der Waals surface area contributed by atoms with Crippen molar-refractivity contribution in [2.45, 2.75) is 12.5 Å². The van der Waals surface area contributed by atoms with Gasteiger partial charge in [0.05, 0.1) is 16.7 Å². The number of nitrogens with zero attached hydrogens (tertiary/aromatic N) is 1. The standard InChI is InChI=1S/C23H16N2O5S/c24-12-16-8-9-31-21(16)25-20(26)13-29-22(27)15-6-7-18-17(10-15)11-19(30-23(18)28)14-4-2-1-3-5-14/h1-10,19H,11,13H2,(H,25,26)/t19-/m0/s1. The van der Waals surface area contributed by atoms with Gasteiger partial charge < -0.3 is 14.8 Å². The number of hydrogen-bond acceptors (Lipinski definition) is 7. The van der Waals surface area contributed by atoms with Gasteiger partial charge in [-0.25, -0.2) is 9.59 Å². The molecule has 0 saturated heterocycles. The monoisotopic (exact) mass is 432 g/mol. The van der Waals surface area contributed by atoms with Gasteiger partial charge in [-0.15, -0.1) is 11.3 Å². The topological polar surface area (TPSA) is 105 Å². The van der Waals surface area contributed by atoms with Crippen molar-refractivity contribution in [2.75, 3.05) is 11.9 Å². The third-order valence-electron chi connectivity index (χ3n) is 4.76. The minimum absolute atomic E-state index is 0.238. The smallest absolute Gasteiger partial charge is 0.339 e. The molecule has 2 aromatic carbocycles. The van der Waals surface area contributed by atoms with E-state index in [1.807, 2.05) is 36.4 Å². The van der Waals surface area contributed by atoms with Crippen molar-refractivity contribution in [3.8, 4) is 6.07 Å². The van der Waals surface area contributed by atoms with Gasteiger partial charge in [-0.1, -0.05) is 30.3 Å². The van der Waals surface area contributed by atoms with Crippen LogP contribution in [0.15, 0.2) is 60.0 Å². The van der Waals surface area contributed by atoms with Gasteiger partial charge in [-0.3, -0.25) is 4.79 Å². The van der Waals surface area contributed by atoms with Crippen molar-refractivity contribution in [1.29, 1.82) is 5.26 Å². The predicted octanol–water partition coefficient (Wildman–Crippen LogP) is 3.87. The average Bonchev–Trinajstić information content (AvgIpc) is 3.24. The number of fused-ring (bicyclic) bond motifs is 1. The van der Waals surface area contributed by atoms with E-state index in [1.165, 1.54) is 23.5 Å². The minimum Gasteiger partial charge on any atom is -0.454 e. The minimum atomic E-state index is -0.681. The van der Waals surface area contributed by atoms with E-state index in [0.29, 0.717) is 28.1 Å². The van der Waals surface area contributed by atoms with Crippen molar-refractivity contribution in [1.82, 2.24) is 0 Å². The van der Waals surface area contributed by atoms with Crippen LogP contribution in [0.5, 0.6) is 0 Å². The van der Waals surface area contributed by atoms with Crippen LogP contribution in [0.3, 0.4) is 0 Å². The summed E-state index contributed by atoms with van der Waals surface area (Å²) in [5, 5.41) is 13.6. The van der Waals surface area contributed by atoms with Crippen LogP contribution in [0.25, 0.3) is 0 Å². The van der Waals surface area contributed by atoms with Gasteiger partial charge >= 0.3 is 11.9 Å². The molecule has 8 heteroatoms. The number of carbonyl (C=O) groups excluding carboxylic acids is 3. The Morgan fingerprint density at radius 1 is 1.19 bits per heavy atom. The van der Waals surface area contributed by atoms with E-state index in [4.69, 9.17) is 14.7 Å². The third kappa shape index (κ3) is 4.47. The maximum Gasteiger partial charge on any atom is 0.339 e. The molecule has 4 rings (SSSR count). The van der Waals surface area contributed by atoms with Crippen molar-refractivity contribution in [3.05, 3.63) is 87.8 Å². The van der Waals surface area contributed by atoms with Crippen LogP contribution in [0.4, 0.5) is 5.00 Å². The first kappa shape index (κ1) is 20.3. The number of anilines is 1. The Morgan fingerprint density at radius 2 is 2.00 bits per heavy atom. The molecule has 3 aromatic rings. The summed E-state index contributed by atoms with van der Waals surface area (Å²) in [6, 6.07) is 17.5. The molecule has 0 aliphatic carbocycles. The Labute approximate surface area is 181 Å². The van der Waals surface area contributed by atoms with Crippen LogP contribution in [-0.2, 0) is 20.7 Å². The second-order valence-corrected chi connectivity index (χ2v) is 7.70. The summed E-state index contributed by atoms with van der Waals surface area (Å²) in [6.07, 6.45) is 0.000486. The van der Waals surface area contributed by atoms with Gasteiger partial charge in [0.2, 0.25) is 0 Å². The Balaban J connectivity index is 1.42. The molecule has 154 valence electrons. The number of rotatable bonds is 5. The van der Waals surface area contributed by atoms with E-state index in [0.717, 1.165) is 5.56 Å². The van der Waals surface area contributed by atoms with Crippen LogP contribution >= 0.6 is 11.3 Å². The van der Waals surface area contributed by atoms with Crippen molar-refractivity contribution >= 4 is 34.2 Å². The van der Waals surface area contributed by atoms with Gasteiger partial charge in [0.25, 0.3) is 5.91 Å². The molecule has 0 fully saturated rings. The first-order valence-electron chi connectivity index (χ1n) is 9.38. The molecule has 2 heterocycles. The average molecular weight is 432 g/mol. The second kappa shape index (κ2) is 8.81. The SMILES string of the molecule is N#Cc1ccsc1NC(=O)COC(=O)c1ccc2c(c1)C[C@@H](c1ccccc1)OC2=O. The first-order valence-corrected chi connectivity index (χ1v) is 10.3. The van der Waals surface area contributed by atoms with E-state index in [9.17, 15) is 14.4 Å². The highest BCUT2D eigenvalue weighted by Gasteiger charge is 2.28. The fraction of sp³-hybridized carbons (Fsp3) is 0.130. The number of esters is 2. The van der Waals surface area contributed by atoms with Crippen molar-refractivity contribution in [3.63, 3.8) is 0 Å². The van der Waals surface area contributed by atoms with E-state index in [2.05, 4.69) is 5.32 Å². The number of hydrogen-bond donors (Lipinski definition) is 1. The summed E-state index contributed by atoms with van der Waals surface area (Å²) in [7, 11) is 0. The highest BCUT2D eigenvalue weighted by Crippen LogP contribution is 2.31. The van der Waals surface area contributed by atoms with Gasteiger partial charge in [0, 0.05) is 6.42 Å². The number of thiophene rings is 1. The summed E-state index contributed by atoms with van der Waals surface area (Å²) >= 11 is 1.21. The van der Waals surface area contributed by atoms with Crippen LogP contribution < -0.4 is 5.32 Å². The van der Waals surface area contributed by atoms with Gasteiger partial charge in [-0.05, 0) is 40.8 Å². The lowest BCUT2D eigenvalue weighted by Gasteiger charge is -2.25. The molecule has 31 heavy (non-hydrogen) atoms. The quantitative estimate of drug-likeness (QED) is 0.614. The molecular weight excluding hydrogens is 416 g/mol. The number of ether oxygens (including phenoxy) is 2. The zero-order valence-electron chi connectivity index (χ0n) is 16.2. The summed E-state index contributed by atoms with van der Waals surface area (Å²) in [4.78, 5) is 36.8.